The summed E-state index contributed by atoms with van der Waals surface area (Å²) in [6.07, 6.45) is 0.695. The lowest BCUT2D eigenvalue weighted by molar-refractivity contribution is 0.122. The molecule has 0 aromatic carbocycles. The summed E-state index contributed by atoms with van der Waals surface area (Å²) in [5.74, 6) is 0.599. The van der Waals surface area contributed by atoms with Crippen molar-refractivity contribution in [3.05, 3.63) is 5.28 Å². The number of thioether (sulfide) groups is 1. The smallest absolute Gasteiger partial charge is 0.230 e. The molecule has 0 radical (unpaired) electrons. The van der Waals surface area contributed by atoms with Gasteiger partial charge in [-0.1, -0.05) is 18.7 Å². The van der Waals surface area contributed by atoms with E-state index in [1.807, 2.05) is 11.8 Å². The molecule has 1 aromatic rings. The van der Waals surface area contributed by atoms with Gasteiger partial charge in [0.2, 0.25) is 11.2 Å². The number of morpholine rings is 1. The minimum Gasteiger partial charge on any atom is -0.396 e. The number of anilines is 1. The largest absolute Gasteiger partial charge is 0.396 e. The summed E-state index contributed by atoms with van der Waals surface area (Å²) in [7, 11) is 0. The summed E-state index contributed by atoms with van der Waals surface area (Å²) in [4.78, 5) is 14.7. The number of aliphatic hydroxyl groups excluding tert-OH is 1. The van der Waals surface area contributed by atoms with E-state index >= 15 is 0 Å². The number of rotatable bonds is 5. The van der Waals surface area contributed by atoms with Crippen LogP contribution in [-0.2, 0) is 4.74 Å². The number of aliphatic hydroxyl groups is 1. The molecule has 0 amide bonds. The number of hydrogen-bond acceptors (Lipinski definition) is 7. The second-order valence-corrected chi connectivity index (χ2v) is 5.97. The average Bonchev–Trinajstić information content (AvgIpc) is 2.39. The monoisotopic (exact) mass is 304 g/mol. The van der Waals surface area contributed by atoms with Gasteiger partial charge in [0.25, 0.3) is 0 Å². The van der Waals surface area contributed by atoms with Gasteiger partial charge in [0, 0.05) is 24.9 Å². The fraction of sp³-hybridized carbons (Fsp3) is 0.727. The molecule has 1 saturated heterocycles. The lowest BCUT2D eigenvalue weighted by Gasteiger charge is -2.26. The third-order valence-electron chi connectivity index (χ3n) is 2.71. The zero-order chi connectivity index (χ0) is 13.7. The molecule has 1 N–H and O–H groups in total. The van der Waals surface area contributed by atoms with Crippen LogP contribution in [0.5, 0.6) is 0 Å². The molecule has 1 unspecified atom stereocenters. The van der Waals surface area contributed by atoms with Crippen LogP contribution in [0.3, 0.4) is 0 Å². The molecule has 0 aliphatic carbocycles. The van der Waals surface area contributed by atoms with E-state index in [9.17, 15) is 0 Å². The number of hydrogen-bond donors (Lipinski definition) is 1. The van der Waals surface area contributed by atoms with Crippen molar-refractivity contribution in [3.63, 3.8) is 0 Å². The van der Waals surface area contributed by atoms with Crippen molar-refractivity contribution in [3.8, 4) is 0 Å². The maximum absolute atomic E-state index is 8.91. The topological polar surface area (TPSA) is 71.4 Å². The van der Waals surface area contributed by atoms with E-state index < -0.39 is 0 Å². The summed E-state index contributed by atoms with van der Waals surface area (Å²) in [6.45, 7) is 5.04. The fourth-order valence-corrected chi connectivity index (χ4v) is 2.76. The molecule has 2 rings (SSSR count). The predicted octanol–water partition coefficient (Wildman–Crippen LogP) is 1.22. The zero-order valence-electron chi connectivity index (χ0n) is 10.8. The number of ether oxygens (including phenoxy) is 1. The van der Waals surface area contributed by atoms with Crippen LogP contribution in [0, 0.1) is 0 Å². The molecular formula is C11H17ClN4O2S. The Bertz CT molecular complexity index is 418. The molecule has 0 spiro atoms. The fourth-order valence-electron chi connectivity index (χ4n) is 1.70. The van der Waals surface area contributed by atoms with Gasteiger partial charge in [-0.05, 0) is 18.0 Å². The quantitative estimate of drug-likeness (QED) is 0.820. The van der Waals surface area contributed by atoms with Gasteiger partial charge in [0.05, 0.1) is 13.2 Å². The van der Waals surface area contributed by atoms with Gasteiger partial charge in [-0.15, -0.1) is 0 Å². The molecule has 106 valence electrons. The second-order valence-electron chi connectivity index (χ2n) is 4.23. The highest BCUT2D eigenvalue weighted by Gasteiger charge is 2.17. The molecule has 2 heterocycles. The minimum absolute atomic E-state index is 0.156. The van der Waals surface area contributed by atoms with E-state index in [4.69, 9.17) is 21.4 Å². The van der Waals surface area contributed by atoms with E-state index in [-0.39, 0.29) is 17.1 Å². The molecule has 8 heteroatoms. The number of aromatic nitrogens is 3. The van der Waals surface area contributed by atoms with Gasteiger partial charge in [-0.3, -0.25) is 0 Å². The first-order chi connectivity index (χ1) is 9.19. The van der Waals surface area contributed by atoms with E-state index in [0.29, 0.717) is 30.7 Å². The van der Waals surface area contributed by atoms with Crippen molar-refractivity contribution in [2.75, 3.05) is 37.8 Å². The summed E-state index contributed by atoms with van der Waals surface area (Å²) < 4.78 is 5.30. The molecule has 0 saturated carbocycles. The molecule has 1 atom stereocenters. The Kier molecular flexibility index (Phi) is 5.62. The molecule has 1 aliphatic rings. The van der Waals surface area contributed by atoms with Crippen LogP contribution in [0.25, 0.3) is 0 Å². The first kappa shape index (κ1) is 14.8. The van der Waals surface area contributed by atoms with Crippen LogP contribution < -0.4 is 4.90 Å². The first-order valence-electron chi connectivity index (χ1n) is 6.21. The lowest BCUT2D eigenvalue weighted by Crippen LogP contribution is -2.37. The maximum Gasteiger partial charge on any atom is 0.230 e. The summed E-state index contributed by atoms with van der Waals surface area (Å²) >= 11 is 7.44. The molecule has 0 bridgehead atoms. The van der Waals surface area contributed by atoms with Crippen molar-refractivity contribution in [2.24, 2.45) is 0 Å². The van der Waals surface area contributed by atoms with Gasteiger partial charge in [-0.2, -0.15) is 15.0 Å². The van der Waals surface area contributed by atoms with Gasteiger partial charge in [0.1, 0.15) is 0 Å². The van der Waals surface area contributed by atoms with Gasteiger partial charge >= 0.3 is 0 Å². The Morgan fingerprint density at radius 1 is 1.37 bits per heavy atom. The van der Waals surface area contributed by atoms with Crippen molar-refractivity contribution in [1.29, 1.82) is 0 Å². The van der Waals surface area contributed by atoms with Crippen molar-refractivity contribution in [1.82, 2.24) is 15.0 Å². The van der Waals surface area contributed by atoms with Crippen LogP contribution in [-0.4, -0.2) is 58.2 Å². The summed E-state index contributed by atoms with van der Waals surface area (Å²) in [6, 6.07) is 0. The normalized spacial score (nSPS) is 17.5. The summed E-state index contributed by atoms with van der Waals surface area (Å²) in [5, 5.41) is 9.95. The Morgan fingerprint density at radius 2 is 2.11 bits per heavy atom. The van der Waals surface area contributed by atoms with Crippen LogP contribution >= 0.6 is 23.4 Å². The molecule has 1 aliphatic heterocycles. The van der Waals surface area contributed by atoms with E-state index in [2.05, 4.69) is 15.0 Å². The Hall–Kier alpha value is -0.630. The van der Waals surface area contributed by atoms with Gasteiger partial charge in [-0.25, -0.2) is 0 Å². The van der Waals surface area contributed by atoms with Gasteiger partial charge < -0.3 is 14.7 Å². The van der Waals surface area contributed by atoms with Gasteiger partial charge in [0.15, 0.2) is 5.16 Å². The standard InChI is InChI=1S/C11H17ClN4O2S/c1-8(2-5-17)19-11-14-9(12)13-10(15-11)16-3-6-18-7-4-16/h8,17H,2-7H2,1H3. The lowest BCUT2D eigenvalue weighted by atomic mass is 10.4. The zero-order valence-corrected chi connectivity index (χ0v) is 12.3. The van der Waals surface area contributed by atoms with Crippen LogP contribution in [0.15, 0.2) is 5.16 Å². The summed E-state index contributed by atoms with van der Waals surface area (Å²) in [5.41, 5.74) is 0. The molecule has 1 fully saturated rings. The van der Waals surface area contributed by atoms with Crippen molar-refractivity contribution < 1.29 is 9.84 Å². The predicted molar refractivity (Wildman–Crippen MR) is 74.9 cm³/mol. The van der Waals surface area contributed by atoms with E-state index in [1.54, 1.807) is 0 Å². The van der Waals surface area contributed by atoms with Crippen LogP contribution in [0.1, 0.15) is 13.3 Å². The Morgan fingerprint density at radius 3 is 2.79 bits per heavy atom. The SMILES string of the molecule is CC(CCO)Sc1nc(Cl)nc(N2CCOCC2)n1. The van der Waals surface area contributed by atoms with E-state index in [1.165, 1.54) is 11.8 Å². The second kappa shape index (κ2) is 7.23. The number of halogens is 1. The highest BCUT2D eigenvalue weighted by atomic mass is 35.5. The Labute approximate surface area is 121 Å². The molecule has 1 aromatic heterocycles. The molecule has 19 heavy (non-hydrogen) atoms. The van der Waals surface area contributed by atoms with E-state index in [0.717, 1.165) is 13.1 Å². The average molecular weight is 305 g/mol. The molecule has 6 nitrogen and oxygen atoms in total. The number of nitrogens with zero attached hydrogens (tertiary/aromatic N) is 4. The molecular weight excluding hydrogens is 288 g/mol. The third-order valence-corrected chi connectivity index (χ3v) is 3.91. The Balaban J connectivity index is 2.09. The highest BCUT2D eigenvalue weighted by Crippen LogP contribution is 2.24. The van der Waals surface area contributed by atoms with Crippen LogP contribution in [0.4, 0.5) is 5.95 Å². The van der Waals surface area contributed by atoms with Crippen LogP contribution in [0.2, 0.25) is 5.28 Å². The highest BCUT2D eigenvalue weighted by molar-refractivity contribution is 7.99. The first-order valence-corrected chi connectivity index (χ1v) is 7.46. The maximum atomic E-state index is 8.91. The third kappa shape index (κ3) is 4.45. The minimum atomic E-state index is 0.156. The van der Waals surface area contributed by atoms with Crippen molar-refractivity contribution in [2.45, 2.75) is 23.8 Å². The van der Waals surface area contributed by atoms with Crippen molar-refractivity contribution >= 4 is 29.3 Å².